The van der Waals surface area contributed by atoms with Crippen LogP contribution in [0.3, 0.4) is 0 Å². The van der Waals surface area contributed by atoms with Crippen molar-refractivity contribution in [1.82, 2.24) is 0 Å². The maximum Gasteiger partial charge on any atom is 0.320 e. The fourth-order valence-electron chi connectivity index (χ4n) is 1.18. The molecule has 1 rings (SSSR count). The third-order valence-corrected chi connectivity index (χ3v) is 2.46. The van der Waals surface area contributed by atoms with Gasteiger partial charge in [-0.3, -0.25) is 4.79 Å². The quantitative estimate of drug-likeness (QED) is 0.541. The molecule has 0 saturated heterocycles. The van der Waals surface area contributed by atoms with Gasteiger partial charge in [0.25, 0.3) is 0 Å². The van der Waals surface area contributed by atoms with Crippen molar-refractivity contribution in [3.05, 3.63) is 29.8 Å². The van der Waals surface area contributed by atoms with Crippen molar-refractivity contribution < 1.29 is 4.79 Å². The minimum atomic E-state index is -0.470. The number of hydrogen-bond acceptors (Lipinski definition) is 1. The number of rotatable bonds is 2. The Morgan fingerprint density at radius 3 is 2.14 bits per heavy atom. The van der Waals surface area contributed by atoms with Gasteiger partial charge in [-0.05, 0) is 35.2 Å². The number of amides is 1. The van der Waals surface area contributed by atoms with Gasteiger partial charge in [-0.2, -0.15) is 0 Å². The SMILES string of the molecule is CC(C)c1ccc(N(C)C(=O)Cl)cc1. The van der Waals surface area contributed by atoms with E-state index in [2.05, 4.69) is 13.8 Å². The first kappa shape index (κ1) is 11.1. The van der Waals surface area contributed by atoms with Crippen LogP contribution in [0, 0.1) is 0 Å². The van der Waals surface area contributed by atoms with Gasteiger partial charge in [0.2, 0.25) is 0 Å². The summed E-state index contributed by atoms with van der Waals surface area (Å²) in [6, 6.07) is 7.82. The molecule has 0 aliphatic rings. The van der Waals surface area contributed by atoms with E-state index >= 15 is 0 Å². The normalized spacial score (nSPS) is 10.4. The van der Waals surface area contributed by atoms with Gasteiger partial charge < -0.3 is 4.90 Å². The molecule has 0 radical (unpaired) electrons. The Morgan fingerprint density at radius 2 is 1.79 bits per heavy atom. The van der Waals surface area contributed by atoms with Crippen LogP contribution in [0.1, 0.15) is 25.3 Å². The molecule has 76 valence electrons. The Balaban J connectivity index is 2.88. The van der Waals surface area contributed by atoms with E-state index in [1.165, 1.54) is 10.5 Å². The van der Waals surface area contributed by atoms with Gasteiger partial charge in [0.1, 0.15) is 0 Å². The van der Waals surface area contributed by atoms with Crippen LogP contribution in [-0.4, -0.2) is 12.4 Å². The fraction of sp³-hybridized carbons (Fsp3) is 0.364. The summed E-state index contributed by atoms with van der Waals surface area (Å²) in [4.78, 5) is 12.3. The lowest BCUT2D eigenvalue weighted by Crippen LogP contribution is -2.19. The molecule has 0 unspecified atom stereocenters. The van der Waals surface area contributed by atoms with Crippen LogP contribution in [0.25, 0.3) is 0 Å². The van der Waals surface area contributed by atoms with E-state index in [0.717, 1.165) is 5.69 Å². The highest BCUT2D eigenvalue weighted by atomic mass is 35.5. The first-order valence-corrected chi connectivity index (χ1v) is 4.93. The second kappa shape index (κ2) is 4.47. The minimum absolute atomic E-state index is 0.470. The zero-order valence-corrected chi connectivity index (χ0v) is 9.38. The molecule has 0 aliphatic heterocycles. The number of carbonyl (C=O) groups excluding carboxylic acids is 1. The summed E-state index contributed by atoms with van der Waals surface area (Å²) in [6.45, 7) is 4.26. The number of anilines is 1. The van der Waals surface area contributed by atoms with Crippen LogP contribution in [-0.2, 0) is 0 Å². The van der Waals surface area contributed by atoms with E-state index in [1.54, 1.807) is 7.05 Å². The number of halogens is 1. The van der Waals surface area contributed by atoms with Crippen LogP contribution in [0.4, 0.5) is 10.5 Å². The minimum Gasteiger partial charge on any atom is -0.302 e. The lowest BCUT2D eigenvalue weighted by molar-refractivity contribution is 0.265. The second-order valence-electron chi connectivity index (χ2n) is 3.56. The molecule has 0 fully saturated rings. The molecule has 0 N–H and O–H groups in total. The lowest BCUT2D eigenvalue weighted by atomic mass is 10.0. The summed E-state index contributed by atoms with van der Waals surface area (Å²) >= 11 is 5.35. The average Bonchev–Trinajstić information content (AvgIpc) is 2.16. The Hall–Kier alpha value is -1.02. The highest BCUT2D eigenvalue weighted by molar-refractivity contribution is 6.66. The second-order valence-corrected chi connectivity index (χ2v) is 3.88. The zero-order valence-electron chi connectivity index (χ0n) is 8.62. The average molecular weight is 212 g/mol. The van der Waals surface area contributed by atoms with Gasteiger partial charge in [0, 0.05) is 12.7 Å². The number of nitrogens with zero attached hydrogens (tertiary/aromatic N) is 1. The van der Waals surface area contributed by atoms with E-state index in [1.807, 2.05) is 24.3 Å². The summed E-state index contributed by atoms with van der Waals surface area (Å²) in [6.07, 6.45) is 0. The summed E-state index contributed by atoms with van der Waals surface area (Å²) < 4.78 is 0. The summed E-state index contributed by atoms with van der Waals surface area (Å²) in [5.41, 5.74) is 2.07. The topological polar surface area (TPSA) is 20.3 Å². The molecule has 1 aromatic rings. The first-order valence-electron chi connectivity index (χ1n) is 4.55. The van der Waals surface area contributed by atoms with Gasteiger partial charge in [0.05, 0.1) is 0 Å². The summed E-state index contributed by atoms with van der Waals surface area (Å²) in [5, 5.41) is -0.470. The number of benzene rings is 1. The van der Waals surface area contributed by atoms with Gasteiger partial charge in [-0.1, -0.05) is 26.0 Å². The molecule has 0 saturated carbocycles. The van der Waals surface area contributed by atoms with Crippen LogP contribution >= 0.6 is 11.6 Å². The van der Waals surface area contributed by atoms with Crippen molar-refractivity contribution in [3.63, 3.8) is 0 Å². The van der Waals surface area contributed by atoms with Crippen molar-refractivity contribution in [2.45, 2.75) is 19.8 Å². The predicted molar refractivity (Wildman–Crippen MR) is 60.2 cm³/mol. The van der Waals surface area contributed by atoms with Gasteiger partial charge in [-0.15, -0.1) is 0 Å². The molecule has 0 atom stereocenters. The molecular formula is C11H14ClNO. The van der Waals surface area contributed by atoms with Crippen molar-refractivity contribution in [1.29, 1.82) is 0 Å². The first-order chi connectivity index (χ1) is 6.52. The molecule has 2 nitrogen and oxygen atoms in total. The molecule has 0 aromatic heterocycles. The maximum atomic E-state index is 10.9. The van der Waals surface area contributed by atoms with Crippen LogP contribution in [0.2, 0.25) is 0 Å². The zero-order chi connectivity index (χ0) is 10.7. The monoisotopic (exact) mass is 211 g/mol. The van der Waals surface area contributed by atoms with Gasteiger partial charge in [-0.25, -0.2) is 0 Å². The smallest absolute Gasteiger partial charge is 0.302 e. The van der Waals surface area contributed by atoms with Crippen LogP contribution in [0.5, 0.6) is 0 Å². The van der Waals surface area contributed by atoms with E-state index in [9.17, 15) is 4.79 Å². The van der Waals surface area contributed by atoms with Crippen LogP contribution in [0.15, 0.2) is 24.3 Å². The highest BCUT2D eigenvalue weighted by Gasteiger charge is 2.07. The number of hydrogen-bond donors (Lipinski definition) is 0. The molecule has 0 bridgehead atoms. The van der Waals surface area contributed by atoms with E-state index in [0.29, 0.717) is 5.92 Å². The number of carbonyl (C=O) groups is 1. The third kappa shape index (κ3) is 2.48. The van der Waals surface area contributed by atoms with Crippen molar-refractivity contribution >= 4 is 22.7 Å². The Bertz CT molecular complexity index is 319. The largest absolute Gasteiger partial charge is 0.320 e. The van der Waals surface area contributed by atoms with E-state index in [-0.39, 0.29) is 0 Å². The van der Waals surface area contributed by atoms with E-state index in [4.69, 9.17) is 11.6 Å². The van der Waals surface area contributed by atoms with E-state index < -0.39 is 5.37 Å². The summed E-state index contributed by atoms with van der Waals surface area (Å²) in [5.74, 6) is 0.501. The molecule has 0 aliphatic carbocycles. The molecule has 1 aromatic carbocycles. The Kier molecular flexibility index (Phi) is 3.53. The lowest BCUT2D eigenvalue weighted by Gasteiger charge is -2.14. The maximum absolute atomic E-state index is 10.9. The molecular weight excluding hydrogens is 198 g/mol. The molecule has 14 heavy (non-hydrogen) atoms. The molecule has 0 spiro atoms. The molecule has 0 heterocycles. The van der Waals surface area contributed by atoms with Crippen molar-refractivity contribution in [2.24, 2.45) is 0 Å². The predicted octanol–water partition coefficient (Wildman–Crippen LogP) is 3.61. The fourth-order valence-corrected chi connectivity index (χ4v) is 1.28. The van der Waals surface area contributed by atoms with Crippen molar-refractivity contribution in [2.75, 3.05) is 11.9 Å². The Labute approximate surface area is 89.5 Å². The standard InChI is InChI=1S/C11H14ClNO/c1-8(2)9-4-6-10(7-5-9)13(3)11(12)14/h4-8H,1-3H3. The third-order valence-electron chi connectivity index (χ3n) is 2.21. The van der Waals surface area contributed by atoms with Crippen LogP contribution < -0.4 is 4.90 Å². The Morgan fingerprint density at radius 1 is 1.29 bits per heavy atom. The highest BCUT2D eigenvalue weighted by Crippen LogP contribution is 2.19. The molecule has 3 heteroatoms. The van der Waals surface area contributed by atoms with Crippen molar-refractivity contribution in [3.8, 4) is 0 Å². The van der Waals surface area contributed by atoms with Gasteiger partial charge in [0.15, 0.2) is 0 Å². The molecule has 1 amide bonds. The summed E-state index contributed by atoms with van der Waals surface area (Å²) in [7, 11) is 1.65. The van der Waals surface area contributed by atoms with Gasteiger partial charge >= 0.3 is 5.37 Å².